The van der Waals surface area contributed by atoms with Gasteiger partial charge in [0.15, 0.2) is 0 Å². The number of rotatable bonds is 4. The van der Waals surface area contributed by atoms with Gasteiger partial charge in [0.05, 0.1) is 13.2 Å². The number of aliphatic hydroxyl groups is 1. The van der Waals surface area contributed by atoms with Crippen LogP contribution in [0.1, 0.15) is 32.8 Å². The third-order valence-corrected chi connectivity index (χ3v) is 3.83. The van der Waals surface area contributed by atoms with Crippen LogP contribution in [0.2, 0.25) is 0 Å². The lowest BCUT2D eigenvalue weighted by Gasteiger charge is -2.06. The second kappa shape index (κ2) is 7.63. The van der Waals surface area contributed by atoms with Gasteiger partial charge in [-0.15, -0.1) is 11.3 Å². The first-order valence-electron chi connectivity index (χ1n) is 6.71. The first-order chi connectivity index (χ1) is 10.2. The van der Waals surface area contributed by atoms with Crippen molar-refractivity contribution in [3.05, 3.63) is 57.3 Å². The average molecular weight is 299 g/mol. The normalized spacial score (nSPS) is 9.81. The lowest BCUT2D eigenvalue weighted by molar-refractivity contribution is 0.0951. The molecule has 0 saturated carbocycles. The Kier molecular flexibility index (Phi) is 5.56. The van der Waals surface area contributed by atoms with E-state index in [0.717, 1.165) is 16.0 Å². The second-order valence-corrected chi connectivity index (χ2v) is 5.60. The van der Waals surface area contributed by atoms with Gasteiger partial charge in [0.1, 0.15) is 0 Å². The van der Waals surface area contributed by atoms with E-state index >= 15 is 0 Å². The molecule has 0 aliphatic carbocycles. The molecule has 1 heterocycles. The number of amides is 1. The van der Waals surface area contributed by atoms with Gasteiger partial charge in [-0.05, 0) is 42.1 Å². The molecule has 0 spiro atoms. The molecule has 0 bridgehead atoms. The summed E-state index contributed by atoms with van der Waals surface area (Å²) in [4.78, 5) is 13.2. The minimum absolute atomic E-state index is 0.0647. The van der Waals surface area contributed by atoms with Crippen molar-refractivity contribution in [3.8, 4) is 11.8 Å². The largest absolute Gasteiger partial charge is 0.395 e. The Morgan fingerprint density at radius 2 is 2.24 bits per heavy atom. The van der Waals surface area contributed by atoms with Crippen molar-refractivity contribution < 1.29 is 9.90 Å². The highest BCUT2D eigenvalue weighted by Gasteiger charge is 2.07. The van der Waals surface area contributed by atoms with Crippen molar-refractivity contribution in [1.82, 2.24) is 5.32 Å². The Labute approximate surface area is 128 Å². The van der Waals surface area contributed by atoms with E-state index in [9.17, 15) is 4.79 Å². The van der Waals surface area contributed by atoms with Crippen LogP contribution in [0.4, 0.5) is 0 Å². The molecule has 0 atom stereocenters. The van der Waals surface area contributed by atoms with Gasteiger partial charge >= 0.3 is 0 Å². The summed E-state index contributed by atoms with van der Waals surface area (Å²) in [5.74, 6) is 5.80. The van der Waals surface area contributed by atoms with Crippen molar-refractivity contribution >= 4 is 17.2 Å². The molecule has 0 aliphatic rings. The van der Waals surface area contributed by atoms with E-state index in [4.69, 9.17) is 5.11 Å². The number of carbonyl (C=O) groups excluding carboxylic acids is 1. The highest BCUT2D eigenvalue weighted by Crippen LogP contribution is 2.11. The van der Waals surface area contributed by atoms with Crippen molar-refractivity contribution in [2.75, 3.05) is 6.61 Å². The molecule has 3 nitrogen and oxygen atoms in total. The monoisotopic (exact) mass is 299 g/mol. The summed E-state index contributed by atoms with van der Waals surface area (Å²) in [5.41, 5.74) is 2.49. The van der Waals surface area contributed by atoms with Gasteiger partial charge in [-0.3, -0.25) is 4.79 Å². The maximum absolute atomic E-state index is 12.1. The van der Waals surface area contributed by atoms with E-state index in [1.807, 2.05) is 36.6 Å². The molecule has 1 aromatic carbocycles. The van der Waals surface area contributed by atoms with Crippen LogP contribution in [0.3, 0.4) is 0 Å². The molecule has 1 aromatic heterocycles. The predicted molar refractivity (Wildman–Crippen MR) is 85.2 cm³/mol. The number of aryl methyl sites for hydroxylation is 1. The molecule has 0 aliphatic heterocycles. The number of benzene rings is 1. The highest BCUT2D eigenvalue weighted by atomic mass is 32.1. The fourth-order valence-corrected chi connectivity index (χ4v) is 2.49. The van der Waals surface area contributed by atoms with Crippen LogP contribution in [0.25, 0.3) is 0 Å². The van der Waals surface area contributed by atoms with Crippen molar-refractivity contribution in [1.29, 1.82) is 0 Å². The summed E-state index contributed by atoms with van der Waals surface area (Å²) in [6.07, 6.45) is 0.461. The summed E-state index contributed by atoms with van der Waals surface area (Å²) in [7, 11) is 0. The lowest BCUT2D eigenvalue weighted by Crippen LogP contribution is -2.22. The third-order valence-electron chi connectivity index (χ3n) is 2.95. The SMILES string of the molecule is Cc1cc(C(=O)NCc2cccs2)ccc1C#CCCO. The summed E-state index contributed by atoms with van der Waals surface area (Å²) in [6, 6.07) is 9.43. The quantitative estimate of drug-likeness (QED) is 0.853. The van der Waals surface area contributed by atoms with Gasteiger partial charge in [0.25, 0.3) is 5.91 Å². The Morgan fingerprint density at radius 3 is 2.90 bits per heavy atom. The van der Waals surface area contributed by atoms with Gasteiger partial charge in [-0.25, -0.2) is 0 Å². The van der Waals surface area contributed by atoms with Crippen molar-refractivity contribution in [2.45, 2.75) is 19.9 Å². The number of nitrogens with one attached hydrogen (secondary N) is 1. The zero-order valence-corrected chi connectivity index (χ0v) is 12.7. The number of carbonyl (C=O) groups is 1. The molecule has 0 radical (unpaired) electrons. The minimum atomic E-state index is -0.0821. The molecule has 108 valence electrons. The van der Waals surface area contributed by atoms with Gasteiger partial charge in [-0.1, -0.05) is 17.9 Å². The molecule has 2 rings (SSSR count). The number of aliphatic hydroxyl groups excluding tert-OH is 1. The van der Waals surface area contributed by atoms with Crippen LogP contribution in [0, 0.1) is 18.8 Å². The van der Waals surface area contributed by atoms with E-state index in [-0.39, 0.29) is 12.5 Å². The Morgan fingerprint density at radius 1 is 1.38 bits per heavy atom. The predicted octanol–water partition coefficient (Wildman–Crippen LogP) is 2.72. The van der Waals surface area contributed by atoms with Crippen LogP contribution < -0.4 is 5.32 Å². The van der Waals surface area contributed by atoms with E-state index < -0.39 is 0 Å². The summed E-state index contributed by atoms with van der Waals surface area (Å²) < 4.78 is 0. The van der Waals surface area contributed by atoms with Crippen LogP contribution in [0.5, 0.6) is 0 Å². The molecular weight excluding hydrogens is 282 g/mol. The van der Waals surface area contributed by atoms with Crippen molar-refractivity contribution in [2.24, 2.45) is 0 Å². The maximum atomic E-state index is 12.1. The molecule has 4 heteroatoms. The molecule has 2 N–H and O–H groups in total. The Bertz CT molecular complexity index is 666. The van der Waals surface area contributed by atoms with Gasteiger partial charge in [0.2, 0.25) is 0 Å². The topological polar surface area (TPSA) is 49.3 Å². The zero-order valence-electron chi connectivity index (χ0n) is 11.8. The van der Waals surface area contributed by atoms with Crippen LogP contribution in [-0.2, 0) is 6.54 Å². The summed E-state index contributed by atoms with van der Waals surface area (Å²) >= 11 is 1.62. The van der Waals surface area contributed by atoms with Crippen molar-refractivity contribution in [3.63, 3.8) is 0 Å². The van der Waals surface area contributed by atoms with Crippen LogP contribution in [0.15, 0.2) is 35.7 Å². The standard InChI is InChI=1S/C17H17NO2S/c1-13-11-15(8-7-14(13)5-2-3-9-19)17(20)18-12-16-6-4-10-21-16/h4,6-8,10-11,19H,3,9,12H2,1H3,(H,18,20). The molecule has 0 unspecified atom stereocenters. The molecule has 0 saturated heterocycles. The van der Waals surface area contributed by atoms with E-state index in [0.29, 0.717) is 18.5 Å². The maximum Gasteiger partial charge on any atom is 0.251 e. The van der Waals surface area contributed by atoms with Crippen LogP contribution >= 0.6 is 11.3 Å². The molecule has 2 aromatic rings. The fourth-order valence-electron chi connectivity index (χ4n) is 1.84. The van der Waals surface area contributed by atoms with Gasteiger partial charge in [-0.2, -0.15) is 0 Å². The molecular formula is C17H17NO2S. The Balaban J connectivity index is 2.02. The number of hydrogen-bond donors (Lipinski definition) is 2. The minimum Gasteiger partial charge on any atom is -0.395 e. The first-order valence-corrected chi connectivity index (χ1v) is 7.59. The Hall–Kier alpha value is -2.09. The van der Waals surface area contributed by atoms with Gasteiger partial charge in [0, 0.05) is 22.4 Å². The number of thiophene rings is 1. The highest BCUT2D eigenvalue weighted by molar-refractivity contribution is 7.09. The third kappa shape index (κ3) is 4.45. The second-order valence-electron chi connectivity index (χ2n) is 4.57. The number of hydrogen-bond acceptors (Lipinski definition) is 3. The zero-order chi connectivity index (χ0) is 15.1. The van der Waals surface area contributed by atoms with Gasteiger partial charge < -0.3 is 10.4 Å². The molecule has 0 fully saturated rings. The van der Waals surface area contributed by atoms with Crippen LogP contribution in [-0.4, -0.2) is 17.6 Å². The van der Waals surface area contributed by atoms with E-state index in [1.54, 1.807) is 17.4 Å². The smallest absolute Gasteiger partial charge is 0.251 e. The lowest BCUT2D eigenvalue weighted by atomic mass is 10.0. The molecule has 21 heavy (non-hydrogen) atoms. The molecule has 1 amide bonds. The fraction of sp³-hybridized carbons (Fsp3) is 0.235. The van der Waals surface area contributed by atoms with E-state index in [2.05, 4.69) is 17.2 Å². The summed E-state index contributed by atoms with van der Waals surface area (Å²) in [6.45, 7) is 2.54. The van der Waals surface area contributed by atoms with E-state index in [1.165, 1.54) is 0 Å². The first kappa shape index (κ1) is 15.3. The average Bonchev–Trinajstić information content (AvgIpc) is 3.00. The summed E-state index contributed by atoms with van der Waals surface area (Å²) in [5, 5.41) is 13.6.